The van der Waals surface area contributed by atoms with Gasteiger partial charge in [-0.15, -0.1) is 24.8 Å². The van der Waals surface area contributed by atoms with Crippen molar-refractivity contribution in [3.05, 3.63) is 29.3 Å². The van der Waals surface area contributed by atoms with E-state index in [0.29, 0.717) is 6.54 Å². The zero-order valence-electron chi connectivity index (χ0n) is 12.6. The first-order valence-electron chi connectivity index (χ1n) is 6.91. The van der Waals surface area contributed by atoms with Crippen molar-refractivity contribution in [3.63, 3.8) is 0 Å². The summed E-state index contributed by atoms with van der Waals surface area (Å²) in [6, 6.07) is 6.40. The maximum absolute atomic E-state index is 12.1. The topological polar surface area (TPSA) is 58.4 Å². The molecule has 2 rings (SSSR count). The van der Waals surface area contributed by atoms with Crippen molar-refractivity contribution in [3.8, 4) is 0 Å². The Labute approximate surface area is 139 Å². The molecule has 1 aromatic carbocycles. The van der Waals surface area contributed by atoms with E-state index >= 15 is 0 Å². The van der Waals surface area contributed by atoms with Crippen LogP contribution in [-0.2, 0) is 4.79 Å². The molecule has 0 atom stereocenters. The van der Waals surface area contributed by atoms with Crippen molar-refractivity contribution in [2.75, 3.05) is 25.0 Å². The number of aryl methyl sites for hydroxylation is 2. The van der Waals surface area contributed by atoms with Crippen LogP contribution in [0.15, 0.2) is 18.2 Å². The van der Waals surface area contributed by atoms with E-state index in [4.69, 9.17) is 5.73 Å². The van der Waals surface area contributed by atoms with Crippen molar-refractivity contribution in [2.45, 2.75) is 32.7 Å². The summed E-state index contributed by atoms with van der Waals surface area (Å²) in [5.74, 6) is 0.162. The molecule has 1 amide bonds. The number of nitrogens with two attached hydrogens (primary N) is 1. The third-order valence-corrected chi connectivity index (χ3v) is 3.79. The lowest BCUT2D eigenvalue weighted by Gasteiger charge is -2.30. The summed E-state index contributed by atoms with van der Waals surface area (Å²) in [4.78, 5) is 14.0. The Balaban J connectivity index is 0.00000200. The maximum Gasteiger partial charge on any atom is 0.241 e. The quantitative estimate of drug-likeness (QED) is 0.893. The van der Waals surface area contributed by atoms with E-state index in [1.54, 1.807) is 0 Å². The molecule has 0 spiro atoms. The number of anilines is 1. The van der Waals surface area contributed by atoms with Crippen molar-refractivity contribution >= 4 is 36.4 Å². The predicted octanol–water partition coefficient (Wildman–Crippen LogP) is 2.51. The fourth-order valence-corrected chi connectivity index (χ4v) is 2.52. The molecule has 1 fully saturated rings. The SMILES string of the molecule is Cc1cccc(C)c1NCC(=O)N1CCC(N)CC1.Cl.Cl. The Hall–Kier alpha value is -0.970. The average molecular weight is 334 g/mol. The van der Waals surface area contributed by atoms with Crippen LogP contribution in [0.1, 0.15) is 24.0 Å². The number of likely N-dealkylation sites (tertiary alicyclic amines) is 1. The van der Waals surface area contributed by atoms with Gasteiger partial charge in [0.2, 0.25) is 5.91 Å². The average Bonchev–Trinajstić information content (AvgIpc) is 2.38. The highest BCUT2D eigenvalue weighted by Crippen LogP contribution is 2.19. The third-order valence-electron chi connectivity index (χ3n) is 3.79. The van der Waals surface area contributed by atoms with Crippen LogP contribution in [-0.4, -0.2) is 36.5 Å². The van der Waals surface area contributed by atoms with Crippen LogP contribution in [0.3, 0.4) is 0 Å². The molecule has 6 heteroatoms. The van der Waals surface area contributed by atoms with Gasteiger partial charge in [-0.1, -0.05) is 18.2 Å². The molecule has 0 aliphatic carbocycles. The van der Waals surface area contributed by atoms with Gasteiger partial charge in [0.25, 0.3) is 0 Å². The van der Waals surface area contributed by atoms with E-state index in [0.717, 1.165) is 31.6 Å². The second-order valence-corrected chi connectivity index (χ2v) is 5.34. The summed E-state index contributed by atoms with van der Waals surface area (Å²) in [7, 11) is 0. The van der Waals surface area contributed by atoms with Crippen molar-refractivity contribution in [1.82, 2.24) is 4.90 Å². The molecule has 0 unspecified atom stereocenters. The molecule has 0 saturated carbocycles. The second-order valence-electron chi connectivity index (χ2n) is 5.34. The van der Waals surface area contributed by atoms with Crippen LogP contribution in [0.5, 0.6) is 0 Å². The van der Waals surface area contributed by atoms with Gasteiger partial charge in [0.05, 0.1) is 6.54 Å². The first kappa shape index (κ1) is 20.0. The van der Waals surface area contributed by atoms with Gasteiger partial charge in [-0.3, -0.25) is 4.79 Å². The van der Waals surface area contributed by atoms with Gasteiger partial charge in [-0.25, -0.2) is 0 Å². The van der Waals surface area contributed by atoms with Crippen molar-refractivity contribution in [2.24, 2.45) is 5.73 Å². The zero-order chi connectivity index (χ0) is 13.8. The Morgan fingerprint density at radius 3 is 2.29 bits per heavy atom. The largest absolute Gasteiger partial charge is 0.376 e. The van der Waals surface area contributed by atoms with E-state index in [9.17, 15) is 4.79 Å². The van der Waals surface area contributed by atoms with Crippen molar-refractivity contribution in [1.29, 1.82) is 0 Å². The number of halogens is 2. The summed E-state index contributed by atoms with van der Waals surface area (Å²) in [5.41, 5.74) is 9.27. The lowest BCUT2D eigenvalue weighted by atomic mass is 10.1. The molecule has 21 heavy (non-hydrogen) atoms. The molecule has 1 aromatic rings. The molecule has 0 radical (unpaired) electrons. The van der Waals surface area contributed by atoms with E-state index < -0.39 is 0 Å². The fourth-order valence-electron chi connectivity index (χ4n) is 2.52. The Morgan fingerprint density at radius 1 is 1.24 bits per heavy atom. The fraction of sp³-hybridized carbons (Fsp3) is 0.533. The Kier molecular flexibility index (Phi) is 8.71. The number of nitrogens with one attached hydrogen (secondary N) is 1. The number of amides is 1. The number of benzene rings is 1. The normalized spacial score (nSPS) is 14.9. The van der Waals surface area contributed by atoms with Gasteiger partial charge in [0.15, 0.2) is 0 Å². The highest BCUT2D eigenvalue weighted by molar-refractivity contribution is 5.85. The smallest absolute Gasteiger partial charge is 0.241 e. The monoisotopic (exact) mass is 333 g/mol. The Morgan fingerprint density at radius 2 is 1.76 bits per heavy atom. The van der Waals surface area contributed by atoms with Crippen molar-refractivity contribution < 1.29 is 4.79 Å². The van der Waals surface area contributed by atoms with Crippen LogP contribution in [0.4, 0.5) is 5.69 Å². The minimum absolute atomic E-state index is 0. The maximum atomic E-state index is 12.1. The summed E-state index contributed by atoms with van der Waals surface area (Å²) < 4.78 is 0. The van der Waals surface area contributed by atoms with Crippen LogP contribution in [0, 0.1) is 13.8 Å². The van der Waals surface area contributed by atoms with E-state index in [-0.39, 0.29) is 36.8 Å². The number of carbonyl (C=O) groups is 1. The number of nitrogens with zero attached hydrogens (tertiary/aromatic N) is 1. The number of hydrogen-bond donors (Lipinski definition) is 2. The van der Waals surface area contributed by atoms with Crippen LogP contribution in [0.2, 0.25) is 0 Å². The van der Waals surface area contributed by atoms with Gasteiger partial charge in [0, 0.05) is 24.8 Å². The van der Waals surface area contributed by atoms with E-state index in [1.807, 2.05) is 11.0 Å². The van der Waals surface area contributed by atoms with E-state index in [1.165, 1.54) is 11.1 Å². The summed E-state index contributed by atoms with van der Waals surface area (Å²) >= 11 is 0. The molecule has 0 aromatic heterocycles. The van der Waals surface area contributed by atoms with Gasteiger partial charge in [-0.05, 0) is 37.8 Å². The van der Waals surface area contributed by atoms with E-state index in [2.05, 4.69) is 31.3 Å². The highest BCUT2D eigenvalue weighted by Gasteiger charge is 2.20. The molecule has 4 nitrogen and oxygen atoms in total. The summed E-state index contributed by atoms with van der Waals surface area (Å²) in [5, 5.41) is 3.27. The molecule has 1 aliphatic rings. The standard InChI is InChI=1S/C15H23N3O.2ClH/c1-11-4-3-5-12(2)15(11)17-10-14(19)18-8-6-13(16)7-9-18;;/h3-5,13,17H,6-10,16H2,1-2H3;2*1H. The minimum Gasteiger partial charge on any atom is -0.376 e. The second kappa shape index (κ2) is 9.13. The lowest BCUT2D eigenvalue weighted by Crippen LogP contribution is -2.44. The summed E-state index contributed by atoms with van der Waals surface area (Å²) in [6.45, 7) is 6.04. The first-order valence-corrected chi connectivity index (χ1v) is 6.91. The molecule has 1 saturated heterocycles. The molecular formula is C15H25Cl2N3O. The molecule has 3 N–H and O–H groups in total. The summed E-state index contributed by atoms with van der Waals surface area (Å²) in [6.07, 6.45) is 1.82. The predicted molar refractivity (Wildman–Crippen MR) is 92.7 cm³/mol. The number of para-hydroxylation sites is 1. The van der Waals surface area contributed by atoms with Gasteiger partial charge in [-0.2, -0.15) is 0 Å². The van der Waals surface area contributed by atoms with Crippen LogP contribution < -0.4 is 11.1 Å². The number of piperidine rings is 1. The minimum atomic E-state index is 0. The lowest BCUT2D eigenvalue weighted by molar-refractivity contribution is -0.130. The van der Waals surface area contributed by atoms with Gasteiger partial charge < -0.3 is 16.0 Å². The molecule has 1 heterocycles. The van der Waals surface area contributed by atoms with Gasteiger partial charge >= 0.3 is 0 Å². The number of carbonyl (C=O) groups excluding carboxylic acids is 1. The molecule has 1 aliphatic heterocycles. The number of rotatable bonds is 3. The van der Waals surface area contributed by atoms with Crippen LogP contribution in [0.25, 0.3) is 0 Å². The zero-order valence-corrected chi connectivity index (χ0v) is 14.2. The molecular weight excluding hydrogens is 309 g/mol. The molecule has 120 valence electrons. The van der Waals surface area contributed by atoms with Crippen LogP contribution >= 0.6 is 24.8 Å². The third kappa shape index (κ3) is 5.38. The molecule has 0 bridgehead atoms. The number of hydrogen-bond acceptors (Lipinski definition) is 3. The Bertz CT molecular complexity index is 440. The first-order chi connectivity index (χ1) is 9.08. The highest BCUT2D eigenvalue weighted by atomic mass is 35.5. The van der Waals surface area contributed by atoms with Gasteiger partial charge in [0.1, 0.15) is 0 Å².